The summed E-state index contributed by atoms with van der Waals surface area (Å²) in [6.07, 6.45) is 1.03. The monoisotopic (exact) mass is 261 g/mol. The number of hydrogen-bond donors (Lipinski definition) is 1. The molecule has 0 unspecified atom stereocenters. The SMILES string of the molecule is CCCOc1cccc(NCc2sccc2C)c1. The average molecular weight is 261 g/mol. The molecule has 1 aromatic heterocycles. The zero-order valence-electron chi connectivity index (χ0n) is 10.9. The van der Waals surface area contributed by atoms with E-state index in [1.165, 1.54) is 10.4 Å². The molecule has 0 amide bonds. The molecule has 0 aliphatic carbocycles. The van der Waals surface area contributed by atoms with Crippen molar-refractivity contribution in [1.82, 2.24) is 0 Å². The van der Waals surface area contributed by atoms with Crippen LogP contribution in [0.25, 0.3) is 0 Å². The molecule has 1 heterocycles. The molecule has 0 radical (unpaired) electrons. The van der Waals surface area contributed by atoms with Crippen LogP contribution >= 0.6 is 11.3 Å². The summed E-state index contributed by atoms with van der Waals surface area (Å²) in [5, 5.41) is 5.57. The first-order valence-electron chi connectivity index (χ1n) is 6.29. The van der Waals surface area contributed by atoms with Gasteiger partial charge in [-0.15, -0.1) is 11.3 Å². The van der Waals surface area contributed by atoms with Gasteiger partial charge < -0.3 is 10.1 Å². The summed E-state index contributed by atoms with van der Waals surface area (Å²) in [7, 11) is 0. The minimum atomic E-state index is 0.771. The third-order valence-electron chi connectivity index (χ3n) is 2.73. The average Bonchev–Trinajstić information content (AvgIpc) is 2.80. The third kappa shape index (κ3) is 3.50. The van der Waals surface area contributed by atoms with Crippen LogP contribution in [-0.4, -0.2) is 6.61 Å². The van der Waals surface area contributed by atoms with E-state index in [4.69, 9.17) is 4.74 Å². The van der Waals surface area contributed by atoms with Crippen molar-refractivity contribution in [3.05, 3.63) is 46.2 Å². The maximum Gasteiger partial charge on any atom is 0.121 e. The molecule has 0 bridgehead atoms. The molecule has 2 aromatic rings. The fraction of sp³-hybridized carbons (Fsp3) is 0.333. The van der Waals surface area contributed by atoms with Gasteiger partial charge in [0.15, 0.2) is 0 Å². The Morgan fingerprint density at radius 1 is 1.28 bits per heavy atom. The lowest BCUT2D eigenvalue weighted by Gasteiger charge is -2.09. The Hall–Kier alpha value is -1.48. The fourth-order valence-electron chi connectivity index (χ4n) is 1.68. The van der Waals surface area contributed by atoms with Crippen LogP contribution < -0.4 is 10.1 Å². The second-order valence-corrected chi connectivity index (χ2v) is 5.26. The first kappa shape index (κ1) is 13.0. The number of aryl methyl sites for hydroxylation is 1. The van der Waals surface area contributed by atoms with Crippen LogP contribution in [0.2, 0.25) is 0 Å². The second-order valence-electron chi connectivity index (χ2n) is 4.26. The Bertz CT molecular complexity index is 493. The zero-order chi connectivity index (χ0) is 12.8. The van der Waals surface area contributed by atoms with E-state index < -0.39 is 0 Å². The predicted octanol–water partition coefficient (Wildman–Crippen LogP) is 4.46. The van der Waals surface area contributed by atoms with Gasteiger partial charge in [-0.3, -0.25) is 0 Å². The van der Waals surface area contributed by atoms with Crippen molar-refractivity contribution in [2.75, 3.05) is 11.9 Å². The van der Waals surface area contributed by atoms with E-state index in [2.05, 4.69) is 42.7 Å². The van der Waals surface area contributed by atoms with E-state index in [0.717, 1.165) is 31.0 Å². The van der Waals surface area contributed by atoms with Crippen molar-refractivity contribution in [3.63, 3.8) is 0 Å². The number of nitrogens with one attached hydrogen (secondary N) is 1. The van der Waals surface area contributed by atoms with E-state index in [1.807, 2.05) is 12.1 Å². The minimum Gasteiger partial charge on any atom is -0.494 e. The number of rotatable bonds is 6. The van der Waals surface area contributed by atoms with Gasteiger partial charge in [-0.25, -0.2) is 0 Å². The van der Waals surface area contributed by atoms with Crippen molar-refractivity contribution in [1.29, 1.82) is 0 Å². The maximum atomic E-state index is 5.62. The van der Waals surface area contributed by atoms with Crippen LogP contribution in [0.5, 0.6) is 5.75 Å². The van der Waals surface area contributed by atoms with Crippen LogP contribution in [0, 0.1) is 6.92 Å². The van der Waals surface area contributed by atoms with Crippen molar-refractivity contribution >= 4 is 17.0 Å². The van der Waals surface area contributed by atoms with Gasteiger partial charge in [-0.2, -0.15) is 0 Å². The Labute approximate surface area is 113 Å². The summed E-state index contributed by atoms with van der Waals surface area (Å²) in [4.78, 5) is 1.38. The lowest BCUT2D eigenvalue weighted by atomic mass is 10.2. The van der Waals surface area contributed by atoms with E-state index in [-0.39, 0.29) is 0 Å². The summed E-state index contributed by atoms with van der Waals surface area (Å²) in [5.41, 5.74) is 2.46. The lowest BCUT2D eigenvalue weighted by Crippen LogP contribution is -2.00. The molecule has 2 rings (SSSR count). The topological polar surface area (TPSA) is 21.3 Å². The molecule has 2 nitrogen and oxygen atoms in total. The summed E-state index contributed by atoms with van der Waals surface area (Å²) < 4.78 is 5.62. The molecule has 0 aliphatic heterocycles. The van der Waals surface area contributed by atoms with E-state index in [1.54, 1.807) is 11.3 Å². The molecule has 18 heavy (non-hydrogen) atoms. The Kier molecular flexibility index (Phi) is 4.65. The largest absolute Gasteiger partial charge is 0.494 e. The first-order chi connectivity index (χ1) is 8.79. The van der Waals surface area contributed by atoms with Crippen LogP contribution in [-0.2, 0) is 6.54 Å². The molecule has 0 atom stereocenters. The van der Waals surface area contributed by atoms with E-state index >= 15 is 0 Å². The van der Waals surface area contributed by atoms with Gasteiger partial charge in [0.1, 0.15) is 5.75 Å². The first-order valence-corrected chi connectivity index (χ1v) is 7.17. The van der Waals surface area contributed by atoms with Gasteiger partial charge >= 0.3 is 0 Å². The van der Waals surface area contributed by atoms with Crippen molar-refractivity contribution in [2.45, 2.75) is 26.8 Å². The molecule has 0 aliphatic rings. The van der Waals surface area contributed by atoms with Gasteiger partial charge in [-0.1, -0.05) is 13.0 Å². The molecule has 0 spiro atoms. The number of anilines is 1. The van der Waals surface area contributed by atoms with E-state index in [9.17, 15) is 0 Å². The molecule has 3 heteroatoms. The number of benzene rings is 1. The molecular weight excluding hydrogens is 242 g/mol. The highest BCUT2D eigenvalue weighted by molar-refractivity contribution is 7.10. The number of thiophene rings is 1. The standard InChI is InChI=1S/C15H19NOS/c1-3-8-17-14-6-4-5-13(10-14)16-11-15-12(2)7-9-18-15/h4-7,9-10,16H,3,8,11H2,1-2H3. The molecular formula is C15H19NOS. The summed E-state index contributed by atoms with van der Waals surface area (Å²) in [6.45, 7) is 5.91. The Morgan fingerprint density at radius 3 is 2.89 bits per heavy atom. The van der Waals surface area contributed by atoms with Crippen LogP contribution in [0.1, 0.15) is 23.8 Å². The van der Waals surface area contributed by atoms with Crippen molar-refractivity contribution < 1.29 is 4.74 Å². The van der Waals surface area contributed by atoms with Crippen LogP contribution in [0.3, 0.4) is 0 Å². The molecule has 0 fully saturated rings. The fourth-order valence-corrected chi connectivity index (χ4v) is 2.53. The lowest BCUT2D eigenvalue weighted by molar-refractivity contribution is 0.317. The predicted molar refractivity (Wildman–Crippen MR) is 78.6 cm³/mol. The van der Waals surface area contributed by atoms with Gasteiger partial charge in [0.2, 0.25) is 0 Å². The third-order valence-corrected chi connectivity index (χ3v) is 3.75. The maximum absolute atomic E-state index is 5.62. The second kappa shape index (κ2) is 6.45. The van der Waals surface area contributed by atoms with Gasteiger partial charge in [-0.05, 0) is 42.5 Å². The number of hydrogen-bond acceptors (Lipinski definition) is 3. The normalized spacial score (nSPS) is 10.3. The van der Waals surface area contributed by atoms with Crippen molar-refractivity contribution in [3.8, 4) is 5.75 Å². The zero-order valence-corrected chi connectivity index (χ0v) is 11.7. The highest BCUT2D eigenvalue weighted by Gasteiger charge is 2.00. The van der Waals surface area contributed by atoms with Crippen LogP contribution in [0.4, 0.5) is 5.69 Å². The highest BCUT2D eigenvalue weighted by Crippen LogP contribution is 2.20. The molecule has 1 N–H and O–H groups in total. The molecule has 0 saturated carbocycles. The summed E-state index contributed by atoms with van der Waals surface area (Å²) in [6, 6.07) is 10.3. The Morgan fingerprint density at radius 2 is 2.17 bits per heavy atom. The van der Waals surface area contributed by atoms with E-state index in [0.29, 0.717) is 0 Å². The molecule has 0 saturated heterocycles. The van der Waals surface area contributed by atoms with Crippen LogP contribution in [0.15, 0.2) is 35.7 Å². The highest BCUT2D eigenvalue weighted by atomic mass is 32.1. The van der Waals surface area contributed by atoms with Gasteiger partial charge in [0, 0.05) is 23.2 Å². The number of ether oxygens (including phenoxy) is 1. The summed E-state index contributed by atoms with van der Waals surface area (Å²) >= 11 is 1.79. The molecule has 96 valence electrons. The minimum absolute atomic E-state index is 0.771. The van der Waals surface area contributed by atoms with Crippen molar-refractivity contribution in [2.24, 2.45) is 0 Å². The quantitative estimate of drug-likeness (QED) is 0.829. The van der Waals surface area contributed by atoms with Gasteiger partial charge in [0.25, 0.3) is 0 Å². The Balaban J connectivity index is 1.95. The smallest absolute Gasteiger partial charge is 0.121 e. The summed E-state index contributed by atoms with van der Waals surface area (Å²) in [5.74, 6) is 0.935. The molecule has 1 aromatic carbocycles. The van der Waals surface area contributed by atoms with Gasteiger partial charge in [0.05, 0.1) is 6.61 Å².